The Labute approximate surface area is 238 Å². The van der Waals surface area contributed by atoms with Crippen molar-refractivity contribution in [3.8, 4) is 0 Å². The van der Waals surface area contributed by atoms with Crippen LogP contribution in [0.2, 0.25) is 0 Å². The molecule has 3 amide bonds. The number of carbonyl (C=O) groups excluding carboxylic acids is 5. The third-order valence-corrected chi connectivity index (χ3v) is 7.08. The fraction of sp³-hybridized carbons (Fsp3) is 0.444. The Balaban J connectivity index is 1.61. The van der Waals surface area contributed by atoms with Crippen molar-refractivity contribution < 1.29 is 43.1 Å². The highest BCUT2D eigenvalue weighted by Crippen LogP contribution is 2.40. The van der Waals surface area contributed by atoms with Crippen molar-refractivity contribution in [3.05, 3.63) is 55.4 Å². The molecule has 0 radical (unpaired) electrons. The van der Waals surface area contributed by atoms with E-state index >= 15 is 0 Å². The van der Waals surface area contributed by atoms with E-state index in [0.717, 1.165) is 22.3 Å². The summed E-state index contributed by atoms with van der Waals surface area (Å²) in [5.41, 5.74) is -1.21. The number of non-ortho nitro benzene ring substituents is 1. The summed E-state index contributed by atoms with van der Waals surface area (Å²) in [6, 6.07) is 3.82. The van der Waals surface area contributed by atoms with Gasteiger partial charge in [-0.15, -0.1) is 11.3 Å². The average molecular weight is 588 g/mol. The molecule has 3 heterocycles. The van der Waals surface area contributed by atoms with E-state index in [1.807, 2.05) is 0 Å². The summed E-state index contributed by atoms with van der Waals surface area (Å²) in [5, 5.41) is 13.6. The van der Waals surface area contributed by atoms with Gasteiger partial charge in [0.25, 0.3) is 17.5 Å². The number of nitro benzene ring substituents is 1. The van der Waals surface area contributed by atoms with Gasteiger partial charge < -0.3 is 19.5 Å². The van der Waals surface area contributed by atoms with Crippen LogP contribution >= 0.6 is 11.3 Å². The van der Waals surface area contributed by atoms with E-state index in [-0.39, 0.29) is 41.4 Å². The Hall–Kier alpha value is -4.17. The van der Waals surface area contributed by atoms with Gasteiger partial charge in [0, 0.05) is 23.4 Å². The normalized spacial score (nSPS) is 16.5. The summed E-state index contributed by atoms with van der Waals surface area (Å²) in [7, 11) is 0. The summed E-state index contributed by atoms with van der Waals surface area (Å²) < 4.78 is 16.4. The fourth-order valence-electron chi connectivity index (χ4n) is 4.29. The number of carbonyl (C=O) groups is 5. The van der Waals surface area contributed by atoms with Crippen LogP contribution in [-0.2, 0) is 48.2 Å². The van der Waals surface area contributed by atoms with E-state index in [9.17, 15) is 34.1 Å². The largest absolute Gasteiger partial charge is 0.456 e. The maximum atomic E-state index is 13.4. The molecule has 0 saturated heterocycles. The van der Waals surface area contributed by atoms with Gasteiger partial charge in [-0.1, -0.05) is 0 Å². The van der Waals surface area contributed by atoms with Crippen molar-refractivity contribution in [3.63, 3.8) is 0 Å². The van der Waals surface area contributed by atoms with Gasteiger partial charge in [-0.25, -0.2) is 9.59 Å². The Morgan fingerprint density at radius 3 is 2.37 bits per heavy atom. The minimum Gasteiger partial charge on any atom is -0.456 e. The van der Waals surface area contributed by atoms with Gasteiger partial charge in [-0.3, -0.25) is 29.4 Å². The smallest absolute Gasteiger partial charge is 0.397 e. The Kier molecular flexibility index (Phi) is 7.76. The van der Waals surface area contributed by atoms with Gasteiger partial charge in [-0.05, 0) is 58.7 Å². The summed E-state index contributed by atoms with van der Waals surface area (Å²) in [6.45, 7) is 9.61. The zero-order valence-electron chi connectivity index (χ0n) is 23.3. The number of thiophene rings is 1. The van der Waals surface area contributed by atoms with Gasteiger partial charge >= 0.3 is 17.8 Å². The lowest BCUT2D eigenvalue weighted by molar-refractivity contribution is -0.384. The maximum Gasteiger partial charge on any atom is 0.397 e. The Bertz CT molecular complexity index is 1480. The summed E-state index contributed by atoms with van der Waals surface area (Å²) in [5.74, 6) is -4.38. The van der Waals surface area contributed by atoms with Crippen molar-refractivity contribution in [1.29, 1.82) is 0 Å². The van der Waals surface area contributed by atoms with Gasteiger partial charge in [0.15, 0.2) is 0 Å². The highest BCUT2D eigenvalue weighted by molar-refractivity contribution is 7.17. The second-order valence-electron chi connectivity index (χ2n) is 11.5. The van der Waals surface area contributed by atoms with Crippen LogP contribution in [0.4, 0.5) is 10.7 Å². The maximum absolute atomic E-state index is 13.4. The van der Waals surface area contributed by atoms with Gasteiger partial charge in [0.05, 0.1) is 29.2 Å². The minimum atomic E-state index is -1.17. The zero-order chi connectivity index (χ0) is 30.4. The quantitative estimate of drug-likeness (QED) is 0.183. The van der Waals surface area contributed by atoms with E-state index in [0.29, 0.717) is 16.0 Å². The molecule has 41 heavy (non-hydrogen) atoms. The van der Waals surface area contributed by atoms with Crippen LogP contribution in [-0.4, -0.2) is 56.8 Å². The molecule has 1 aromatic carbocycles. The molecule has 1 N–H and O–H groups in total. The van der Waals surface area contributed by atoms with E-state index in [2.05, 4.69) is 5.32 Å². The second kappa shape index (κ2) is 10.7. The molecule has 0 saturated carbocycles. The Morgan fingerprint density at radius 1 is 1.10 bits per heavy atom. The lowest BCUT2D eigenvalue weighted by Crippen LogP contribution is -2.43. The number of imide groups is 1. The summed E-state index contributed by atoms with van der Waals surface area (Å²) in [4.78, 5) is 76.6. The molecule has 2 aromatic rings. The standard InChI is InChI=1S/C27H29N3O10S/c1-26(2,3)39-24(34)19-16-10-17(23(33)29-11-13-7-8-14(30(36)37)9-15(13)22(29)32)38-12-18(16)41-21(19)28-20(31)25(35)40-27(4,5)6/h7-9,17H,10-12H2,1-6H3,(H,28,31). The van der Waals surface area contributed by atoms with Crippen LogP contribution < -0.4 is 5.32 Å². The minimum absolute atomic E-state index is 0.0235. The molecule has 2 aliphatic rings. The van der Waals surface area contributed by atoms with Crippen LogP contribution in [0.15, 0.2) is 18.2 Å². The number of ether oxygens (including phenoxy) is 3. The van der Waals surface area contributed by atoms with Crippen LogP contribution in [0.5, 0.6) is 0 Å². The zero-order valence-corrected chi connectivity index (χ0v) is 24.1. The number of hydrogen-bond donors (Lipinski definition) is 1. The van der Waals surface area contributed by atoms with Crippen molar-refractivity contribution in [2.24, 2.45) is 0 Å². The fourth-order valence-corrected chi connectivity index (χ4v) is 5.42. The van der Waals surface area contributed by atoms with E-state index < -0.39 is 51.9 Å². The number of nitro groups is 1. The number of anilines is 1. The molecular weight excluding hydrogens is 558 g/mol. The van der Waals surface area contributed by atoms with Gasteiger partial charge in [-0.2, -0.15) is 0 Å². The highest BCUT2D eigenvalue weighted by atomic mass is 32.1. The monoisotopic (exact) mass is 587 g/mol. The molecule has 0 spiro atoms. The van der Waals surface area contributed by atoms with Gasteiger partial charge in [0.1, 0.15) is 22.3 Å². The molecule has 14 heteroatoms. The second-order valence-corrected chi connectivity index (χ2v) is 12.6. The number of nitrogens with one attached hydrogen (secondary N) is 1. The third kappa shape index (κ3) is 6.43. The number of esters is 2. The number of amides is 3. The number of nitrogens with zero attached hydrogens (tertiary/aromatic N) is 2. The van der Waals surface area contributed by atoms with Crippen molar-refractivity contribution in [2.45, 2.75) is 78.4 Å². The molecule has 0 aliphatic carbocycles. The molecule has 1 atom stereocenters. The molecule has 1 unspecified atom stereocenters. The number of rotatable bonds is 4. The first kappa shape index (κ1) is 29.8. The first-order chi connectivity index (χ1) is 18.9. The van der Waals surface area contributed by atoms with Crippen LogP contribution in [0.3, 0.4) is 0 Å². The molecule has 0 bridgehead atoms. The van der Waals surface area contributed by atoms with E-state index in [1.165, 1.54) is 12.1 Å². The predicted molar refractivity (Wildman–Crippen MR) is 144 cm³/mol. The van der Waals surface area contributed by atoms with Crippen LogP contribution in [0.25, 0.3) is 0 Å². The van der Waals surface area contributed by atoms with Crippen molar-refractivity contribution >= 4 is 51.7 Å². The average Bonchev–Trinajstić information content (AvgIpc) is 3.37. The lowest BCUT2D eigenvalue weighted by Gasteiger charge is -2.26. The molecule has 2 aliphatic heterocycles. The molecule has 13 nitrogen and oxygen atoms in total. The molecule has 0 fully saturated rings. The van der Waals surface area contributed by atoms with E-state index in [1.54, 1.807) is 41.5 Å². The molecule has 218 valence electrons. The molecular formula is C27H29N3O10S. The Morgan fingerprint density at radius 2 is 1.76 bits per heavy atom. The van der Waals surface area contributed by atoms with Crippen LogP contribution in [0, 0.1) is 10.1 Å². The van der Waals surface area contributed by atoms with E-state index in [4.69, 9.17) is 14.2 Å². The number of fused-ring (bicyclic) bond motifs is 2. The first-order valence-electron chi connectivity index (χ1n) is 12.6. The molecule has 1 aromatic heterocycles. The summed E-state index contributed by atoms with van der Waals surface area (Å²) >= 11 is 0.999. The summed E-state index contributed by atoms with van der Waals surface area (Å²) in [6.07, 6.45) is -1.29. The molecule has 4 rings (SSSR count). The van der Waals surface area contributed by atoms with Crippen molar-refractivity contribution in [2.75, 3.05) is 5.32 Å². The predicted octanol–water partition coefficient (Wildman–Crippen LogP) is 3.52. The highest BCUT2D eigenvalue weighted by Gasteiger charge is 2.41. The number of benzene rings is 1. The van der Waals surface area contributed by atoms with Gasteiger partial charge in [0.2, 0.25) is 0 Å². The topological polar surface area (TPSA) is 171 Å². The SMILES string of the molecule is CC(C)(C)OC(=O)C(=O)Nc1sc2c(c1C(=O)OC(C)(C)C)CC(C(=O)N1Cc3ccc([N+](=O)[O-])cc3C1=O)OC2. The van der Waals surface area contributed by atoms with Crippen LogP contribution in [0.1, 0.15) is 78.3 Å². The third-order valence-electron chi connectivity index (χ3n) is 5.96. The number of hydrogen-bond acceptors (Lipinski definition) is 11. The lowest BCUT2D eigenvalue weighted by atomic mass is 9.99. The first-order valence-corrected chi connectivity index (χ1v) is 13.4. The van der Waals surface area contributed by atoms with Crippen molar-refractivity contribution in [1.82, 2.24) is 4.90 Å².